The van der Waals surface area contributed by atoms with E-state index in [-0.39, 0.29) is 12.4 Å². The Morgan fingerprint density at radius 1 is 0.733 bits per heavy atom. The molecule has 0 unspecified atom stereocenters. The van der Waals surface area contributed by atoms with E-state index in [9.17, 15) is 0 Å². The molecule has 2 rings (SSSR count). The van der Waals surface area contributed by atoms with Crippen LogP contribution in [0.1, 0.15) is 0 Å². The highest BCUT2D eigenvalue weighted by molar-refractivity contribution is 5.85. The van der Waals surface area contributed by atoms with Crippen molar-refractivity contribution in [3.05, 3.63) is 48.8 Å². The lowest BCUT2D eigenvalue weighted by Gasteiger charge is -2.06. The monoisotopic (exact) mass is 222 g/mol. The maximum atomic E-state index is 4.09. The number of hydrogen-bond acceptors (Lipinski definition) is 4. The highest BCUT2D eigenvalue weighted by atomic mass is 35.5. The van der Waals surface area contributed by atoms with Crippen molar-refractivity contribution >= 4 is 24.0 Å². The molecule has 0 atom stereocenters. The fourth-order valence-corrected chi connectivity index (χ4v) is 1.00. The van der Waals surface area contributed by atoms with Gasteiger partial charge in [-0.1, -0.05) is 12.1 Å². The zero-order chi connectivity index (χ0) is 9.64. The Morgan fingerprint density at radius 2 is 1.20 bits per heavy atom. The minimum atomic E-state index is 0. The van der Waals surface area contributed by atoms with E-state index in [1.807, 2.05) is 36.4 Å². The molecule has 4 nitrogen and oxygen atoms in total. The summed E-state index contributed by atoms with van der Waals surface area (Å²) in [6.07, 6.45) is 3.45. The predicted octanol–water partition coefficient (Wildman–Crippen LogP) is 2.34. The fraction of sp³-hybridized carbons (Fsp3) is 0. The van der Waals surface area contributed by atoms with E-state index in [0.29, 0.717) is 0 Å². The van der Waals surface area contributed by atoms with E-state index in [2.05, 4.69) is 20.8 Å². The number of hydrogen-bond donors (Lipinski definition) is 2. The van der Waals surface area contributed by atoms with Crippen molar-refractivity contribution in [3.8, 4) is 0 Å². The third-order valence-electron chi connectivity index (χ3n) is 1.65. The molecule has 0 bridgehead atoms. The van der Waals surface area contributed by atoms with Gasteiger partial charge in [-0.15, -0.1) is 12.4 Å². The van der Waals surface area contributed by atoms with Crippen molar-refractivity contribution < 1.29 is 0 Å². The van der Waals surface area contributed by atoms with E-state index in [1.54, 1.807) is 12.4 Å². The molecular formula is C10H11ClN4. The first-order valence-corrected chi connectivity index (χ1v) is 4.29. The predicted molar refractivity (Wildman–Crippen MR) is 63.0 cm³/mol. The molecule has 0 aromatic carbocycles. The molecule has 2 aromatic rings. The maximum Gasteiger partial charge on any atom is 0.144 e. The molecule has 0 aliphatic rings. The van der Waals surface area contributed by atoms with Gasteiger partial charge in [0, 0.05) is 12.4 Å². The van der Waals surface area contributed by atoms with E-state index in [1.165, 1.54) is 0 Å². The van der Waals surface area contributed by atoms with Gasteiger partial charge in [-0.3, -0.25) is 10.9 Å². The summed E-state index contributed by atoms with van der Waals surface area (Å²) >= 11 is 0. The Balaban J connectivity index is 0.00000112. The quantitative estimate of drug-likeness (QED) is 0.783. The molecule has 0 aliphatic heterocycles. The highest BCUT2D eigenvalue weighted by Gasteiger charge is 1.91. The van der Waals surface area contributed by atoms with Crippen molar-refractivity contribution in [1.82, 2.24) is 9.97 Å². The van der Waals surface area contributed by atoms with Crippen LogP contribution in [0.5, 0.6) is 0 Å². The number of pyridine rings is 2. The van der Waals surface area contributed by atoms with Gasteiger partial charge in [0.2, 0.25) is 0 Å². The summed E-state index contributed by atoms with van der Waals surface area (Å²) in [5.41, 5.74) is 5.87. The number of rotatable bonds is 3. The molecule has 5 heteroatoms. The average molecular weight is 223 g/mol. The van der Waals surface area contributed by atoms with Crippen LogP contribution in [0.2, 0.25) is 0 Å². The van der Waals surface area contributed by atoms with Gasteiger partial charge in [0.05, 0.1) is 0 Å². The number of nitrogens with zero attached hydrogens (tertiary/aromatic N) is 2. The first-order chi connectivity index (χ1) is 6.95. The van der Waals surface area contributed by atoms with E-state index < -0.39 is 0 Å². The third kappa shape index (κ3) is 3.44. The third-order valence-corrected chi connectivity index (χ3v) is 1.65. The Morgan fingerprint density at radius 3 is 1.53 bits per heavy atom. The van der Waals surface area contributed by atoms with Crippen LogP contribution in [0.4, 0.5) is 11.6 Å². The molecule has 2 heterocycles. The summed E-state index contributed by atoms with van der Waals surface area (Å²) in [5.74, 6) is 1.52. The van der Waals surface area contributed by atoms with Crippen molar-refractivity contribution in [1.29, 1.82) is 0 Å². The normalized spacial score (nSPS) is 8.80. The number of hydrazine groups is 1. The average Bonchev–Trinajstić information content (AvgIpc) is 2.29. The summed E-state index contributed by atoms with van der Waals surface area (Å²) < 4.78 is 0. The molecular weight excluding hydrogens is 212 g/mol. The second-order valence-electron chi connectivity index (χ2n) is 2.68. The molecule has 0 saturated carbocycles. The van der Waals surface area contributed by atoms with Gasteiger partial charge in [-0.25, -0.2) is 9.97 Å². The van der Waals surface area contributed by atoms with E-state index in [0.717, 1.165) is 11.6 Å². The Kier molecular flexibility index (Phi) is 4.37. The zero-order valence-electron chi connectivity index (χ0n) is 7.92. The first kappa shape index (κ1) is 11.3. The molecule has 0 saturated heterocycles. The first-order valence-electron chi connectivity index (χ1n) is 4.29. The van der Waals surface area contributed by atoms with Crippen LogP contribution in [-0.4, -0.2) is 9.97 Å². The molecule has 0 fully saturated rings. The van der Waals surface area contributed by atoms with Crippen LogP contribution >= 0.6 is 12.4 Å². The van der Waals surface area contributed by atoms with Crippen molar-refractivity contribution in [2.75, 3.05) is 10.9 Å². The van der Waals surface area contributed by atoms with Gasteiger partial charge in [0.25, 0.3) is 0 Å². The number of anilines is 2. The smallest absolute Gasteiger partial charge is 0.144 e. The summed E-state index contributed by atoms with van der Waals surface area (Å²) in [5, 5.41) is 0. The van der Waals surface area contributed by atoms with Crippen LogP contribution in [0.15, 0.2) is 48.8 Å². The lowest BCUT2D eigenvalue weighted by atomic mass is 10.5. The zero-order valence-corrected chi connectivity index (χ0v) is 8.74. The molecule has 0 spiro atoms. The van der Waals surface area contributed by atoms with Crippen LogP contribution in [0.25, 0.3) is 0 Å². The maximum absolute atomic E-state index is 4.09. The lowest BCUT2D eigenvalue weighted by Crippen LogP contribution is -2.10. The molecule has 0 amide bonds. The van der Waals surface area contributed by atoms with Crippen LogP contribution in [-0.2, 0) is 0 Å². The van der Waals surface area contributed by atoms with Gasteiger partial charge >= 0.3 is 0 Å². The standard InChI is InChI=1S/C10H10N4.ClH/c1-3-7-11-9(5-1)13-14-10-6-2-4-8-12-10;/h1-8H,(H,11,13)(H,12,14);1H. The van der Waals surface area contributed by atoms with Crippen LogP contribution in [0, 0.1) is 0 Å². The molecule has 15 heavy (non-hydrogen) atoms. The summed E-state index contributed by atoms with van der Waals surface area (Å²) in [7, 11) is 0. The second-order valence-corrected chi connectivity index (χ2v) is 2.68. The van der Waals surface area contributed by atoms with E-state index in [4.69, 9.17) is 0 Å². The van der Waals surface area contributed by atoms with Gasteiger partial charge < -0.3 is 0 Å². The largest absolute Gasteiger partial charge is 0.283 e. The Labute approximate surface area is 94.2 Å². The van der Waals surface area contributed by atoms with Crippen LogP contribution < -0.4 is 10.9 Å². The van der Waals surface area contributed by atoms with Crippen LogP contribution in [0.3, 0.4) is 0 Å². The van der Waals surface area contributed by atoms with Crippen molar-refractivity contribution in [2.45, 2.75) is 0 Å². The molecule has 0 radical (unpaired) electrons. The SMILES string of the molecule is Cl.c1ccc(NNc2ccccn2)nc1. The highest BCUT2D eigenvalue weighted by Crippen LogP contribution is 2.02. The van der Waals surface area contributed by atoms with Gasteiger partial charge in [0.15, 0.2) is 0 Å². The summed E-state index contributed by atoms with van der Waals surface area (Å²) in [6, 6.07) is 11.3. The summed E-state index contributed by atoms with van der Waals surface area (Å²) in [6.45, 7) is 0. The van der Waals surface area contributed by atoms with Crippen molar-refractivity contribution in [2.24, 2.45) is 0 Å². The number of nitrogens with one attached hydrogen (secondary N) is 2. The molecule has 2 N–H and O–H groups in total. The van der Waals surface area contributed by atoms with Gasteiger partial charge in [0.1, 0.15) is 11.6 Å². The number of halogens is 1. The van der Waals surface area contributed by atoms with Gasteiger partial charge in [-0.05, 0) is 24.3 Å². The number of aromatic nitrogens is 2. The van der Waals surface area contributed by atoms with Crippen molar-refractivity contribution in [3.63, 3.8) is 0 Å². The topological polar surface area (TPSA) is 49.8 Å². The van der Waals surface area contributed by atoms with E-state index >= 15 is 0 Å². The Hall–Kier alpha value is -1.81. The minimum Gasteiger partial charge on any atom is -0.283 e. The fourth-order valence-electron chi connectivity index (χ4n) is 1.00. The molecule has 0 aliphatic carbocycles. The Bertz CT molecular complexity index is 340. The minimum absolute atomic E-state index is 0. The van der Waals surface area contributed by atoms with Gasteiger partial charge in [-0.2, -0.15) is 0 Å². The second kappa shape index (κ2) is 5.82. The lowest BCUT2D eigenvalue weighted by molar-refractivity contribution is 1.22. The molecule has 2 aromatic heterocycles. The summed E-state index contributed by atoms with van der Waals surface area (Å²) in [4.78, 5) is 8.18. The molecule has 78 valence electrons.